The SMILES string of the molecule is N#Cc1ccc(N=c2ccccn2-c2c(-c3ccccc3)c(C(=O)c3ccccc3)n3ccccc23)cc1. The molecule has 0 saturated carbocycles. The minimum atomic E-state index is -0.0565. The van der Waals surface area contributed by atoms with Crippen LogP contribution in [0.15, 0.2) is 139 Å². The second-order valence-corrected chi connectivity index (χ2v) is 8.79. The van der Waals surface area contributed by atoms with E-state index in [1.807, 2.05) is 131 Å². The Kier molecular flexibility index (Phi) is 5.97. The smallest absolute Gasteiger partial charge is 0.210 e. The van der Waals surface area contributed by atoms with Gasteiger partial charge in [0, 0.05) is 23.5 Å². The summed E-state index contributed by atoms with van der Waals surface area (Å²) in [5.41, 5.74) is 6.75. The first-order chi connectivity index (χ1) is 18.7. The van der Waals surface area contributed by atoms with Crippen LogP contribution >= 0.6 is 0 Å². The van der Waals surface area contributed by atoms with Gasteiger partial charge in [0.15, 0.2) is 0 Å². The Balaban J connectivity index is 1.69. The molecule has 38 heavy (non-hydrogen) atoms. The van der Waals surface area contributed by atoms with Gasteiger partial charge in [-0.3, -0.25) is 9.36 Å². The molecule has 3 aromatic heterocycles. The van der Waals surface area contributed by atoms with Crippen molar-refractivity contribution in [3.05, 3.63) is 156 Å². The highest BCUT2D eigenvalue weighted by atomic mass is 16.1. The lowest BCUT2D eigenvalue weighted by atomic mass is 9.99. The zero-order valence-corrected chi connectivity index (χ0v) is 20.4. The number of ketones is 1. The zero-order chi connectivity index (χ0) is 25.9. The summed E-state index contributed by atoms with van der Waals surface area (Å²) in [5.74, 6) is -0.0565. The van der Waals surface area contributed by atoms with E-state index in [4.69, 9.17) is 10.3 Å². The van der Waals surface area contributed by atoms with Crippen LogP contribution in [0.4, 0.5) is 5.69 Å². The van der Waals surface area contributed by atoms with Crippen molar-refractivity contribution in [1.82, 2.24) is 8.97 Å². The lowest BCUT2D eigenvalue weighted by molar-refractivity contribution is 0.103. The number of nitriles is 1. The van der Waals surface area contributed by atoms with Gasteiger partial charge in [0.05, 0.1) is 28.5 Å². The molecule has 0 bridgehead atoms. The Morgan fingerprint density at radius 3 is 2.11 bits per heavy atom. The fourth-order valence-electron chi connectivity index (χ4n) is 4.72. The Bertz CT molecular complexity index is 1870. The largest absolute Gasteiger partial charge is 0.311 e. The van der Waals surface area contributed by atoms with Crippen LogP contribution in [-0.2, 0) is 0 Å². The standard InChI is InChI=1S/C33H22N4O/c34-23-24-17-19-27(20-18-24)35-29-16-8-10-22-37(29)31-28-15-7-9-21-36(28)32(30(31)25-11-3-1-4-12-25)33(38)26-13-5-2-6-14-26/h1-22H. The lowest BCUT2D eigenvalue weighted by Crippen LogP contribution is -2.18. The molecule has 3 aromatic carbocycles. The van der Waals surface area contributed by atoms with Crippen LogP contribution in [0.5, 0.6) is 0 Å². The molecule has 0 radical (unpaired) electrons. The van der Waals surface area contributed by atoms with Crippen molar-refractivity contribution in [2.45, 2.75) is 0 Å². The van der Waals surface area contributed by atoms with Gasteiger partial charge in [-0.2, -0.15) is 5.26 Å². The molecule has 0 saturated heterocycles. The van der Waals surface area contributed by atoms with Gasteiger partial charge in [0.25, 0.3) is 0 Å². The Morgan fingerprint density at radius 2 is 1.37 bits per heavy atom. The van der Waals surface area contributed by atoms with Gasteiger partial charge < -0.3 is 4.40 Å². The van der Waals surface area contributed by atoms with E-state index in [1.54, 1.807) is 12.1 Å². The van der Waals surface area contributed by atoms with Crippen molar-refractivity contribution in [3.63, 3.8) is 0 Å². The molecule has 3 heterocycles. The summed E-state index contributed by atoms with van der Waals surface area (Å²) >= 11 is 0. The number of hydrogen-bond acceptors (Lipinski definition) is 3. The van der Waals surface area contributed by atoms with E-state index in [9.17, 15) is 4.79 Å². The van der Waals surface area contributed by atoms with Crippen molar-refractivity contribution in [1.29, 1.82) is 5.26 Å². The van der Waals surface area contributed by atoms with Gasteiger partial charge in [0.1, 0.15) is 11.2 Å². The molecule has 6 rings (SSSR count). The molecule has 0 spiro atoms. The van der Waals surface area contributed by atoms with Crippen LogP contribution in [0.2, 0.25) is 0 Å². The molecule has 0 N–H and O–H groups in total. The van der Waals surface area contributed by atoms with Gasteiger partial charge in [-0.15, -0.1) is 0 Å². The minimum Gasteiger partial charge on any atom is -0.311 e. The molecule has 0 aliphatic heterocycles. The monoisotopic (exact) mass is 490 g/mol. The van der Waals surface area contributed by atoms with Gasteiger partial charge in [-0.05, 0) is 54.1 Å². The molecule has 0 fully saturated rings. The summed E-state index contributed by atoms with van der Waals surface area (Å²) in [6.07, 6.45) is 3.90. The summed E-state index contributed by atoms with van der Waals surface area (Å²) in [6, 6.07) is 40.5. The molecule has 5 nitrogen and oxygen atoms in total. The van der Waals surface area contributed by atoms with E-state index >= 15 is 0 Å². The van der Waals surface area contributed by atoms with Gasteiger partial charge in [0.2, 0.25) is 5.78 Å². The van der Waals surface area contributed by atoms with Crippen LogP contribution in [0.25, 0.3) is 22.3 Å². The normalized spacial score (nSPS) is 11.4. The van der Waals surface area contributed by atoms with Gasteiger partial charge >= 0.3 is 0 Å². The number of nitrogens with zero attached hydrogens (tertiary/aromatic N) is 4. The Labute approximate surface area is 219 Å². The molecule has 0 unspecified atom stereocenters. The number of carbonyl (C=O) groups excluding carboxylic acids is 1. The predicted octanol–water partition coefficient (Wildman–Crippen LogP) is 6.73. The summed E-state index contributed by atoms with van der Waals surface area (Å²) in [6.45, 7) is 0. The quantitative estimate of drug-likeness (QED) is 0.252. The maximum atomic E-state index is 14.1. The van der Waals surface area contributed by atoms with Gasteiger partial charge in [-0.1, -0.05) is 72.8 Å². The zero-order valence-electron chi connectivity index (χ0n) is 20.4. The van der Waals surface area contributed by atoms with E-state index in [-0.39, 0.29) is 5.78 Å². The lowest BCUT2D eigenvalue weighted by Gasteiger charge is -2.12. The number of rotatable bonds is 5. The van der Waals surface area contributed by atoms with E-state index in [1.165, 1.54) is 0 Å². The maximum Gasteiger partial charge on any atom is 0.210 e. The first kappa shape index (κ1) is 23.0. The van der Waals surface area contributed by atoms with Crippen molar-refractivity contribution in [2.75, 3.05) is 0 Å². The highest BCUT2D eigenvalue weighted by Gasteiger charge is 2.26. The predicted molar refractivity (Wildman–Crippen MR) is 148 cm³/mol. The third-order valence-electron chi connectivity index (χ3n) is 6.45. The average molecular weight is 491 g/mol. The second kappa shape index (κ2) is 9.88. The van der Waals surface area contributed by atoms with Crippen LogP contribution < -0.4 is 5.49 Å². The molecule has 0 amide bonds. The third kappa shape index (κ3) is 4.11. The van der Waals surface area contributed by atoms with Crippen molar-refractivity contribution < 1.29 is 4.79 Å². The Morgan fingerprint density at radius 1 is 0.711 bits per heavy atom. The summed E-state index contributed by atoms with van der Waals surface area (Å²) in [5, 5.41) is 9.17. The summed E-state index contributed by atoms with van der Waals surface area (Å²) in [4.78, 5) is 19.0. The number of carbonyl (C=O) groups is 1. The number of hydrogen-bond donors (Lipinski definition) is 0. The highest BCUT2D eigenvalue weighted by Crippen LogP contribution is 2.37. The van der Waals surface area contributed by atoms with Crippen LogP contribution in [0.3, 0.4) is 0 Å². The first-order valence-electron chi connectivity index (χ1n) is 12.3. The second-order valence-electron chi connectivity index (χ2n) is 8.79. The molecule has 5 heteroatoms. The minimum absolute atomic E-state index is 0.0565. The maximum absolute atomic E-state index is 14.1. The van der Waals surface area contributed by atoms with Crippen molar-refractivity contribution in [2.24, 2.45) is 4.99 Å². The summed E-state index contributed by atoms with van der Waals surface area (Å²) in [7, 11) is 0. The molecular weight excluding hydrogens is 468 g/mol. The number of pyridine rings is 2. The molecule has 0 aliphatic carbocycles. The van der Waals surface area contributed by atoms with E-state index < -0.39 is 0 Å². The number of benzene rings is 3. The van der Waals surface area contributed by atoms with Crippen LogP contribution in [-0.4, -0.2) is 14.8 Å². The topological polar surface area (TPSA) is 62.6 Å². The molecule has 6 aromatic rings. The van der Waals surface area contributed by atoms with E-state index in [2.05, 4.69) is 6.07 Å². The summed E-state index contributed by atoms with van der Waals surface area (Å²) < 4.78 is 4.00. The van der Waals surface area contributed by atoms with Crippen molar-refractivity contribution >= 4 is 17.0 Å². The fraction of sp³-hybridized carbons (Fsp3) is 0. The van der Waals surface area contributed by atoms with E-state index in [0.717, 1.165) is 28.0 Å². The molecule has 180 valence electrons. The van der Waals surface area contributed by atoms with Crippen LogP contribution in [0, 0.1) is 11.3 Å². The Hall–Kier alpha value is -5.47. The molecular formula is C33H22N4O. The van der Waals surface area contributed by atoms with Crippen LogP contribution in [0.1, 0.15) is 21.6 Å². The van der Waals surface area contributed by atoms with E-state index in [0.29, 0.717) is 22.3 Å². The number of fused-ring (bicyclic) bond motifs is 1. The third-order valence-corrected chi connectivity index (χ3v) is 6.45. The fourth-order valence-corrected chi connectivity index (χ4v) is 4.72. The number of aromatic nitrogens is 2. The highest BCUT2D eigenvalue weighted by molar-refractivity contribution is 6.14. The average Bonchev–Trinajstić information content (AvgIpc) is 3.33. The molecule has 0 aliphatic rings. The molecule has 0 atom stereocenters. The first-order valence-corrected chi connectivity index (χ1v) is 12.3. The van der Waals surface area contributed by atoms with Crippen molar-refractivity contribution in [3.8, 4) is 22.9 Å². The van der Waals surface area contributed by atoms with Gasteiger partial charge in [-0.25, -0.2) is 4.99 Å².